The molecule has 0 aromatic heterocycles. The molecule has 0 fully saturated rings. The summed E-state index contributed by atoms with van der Waals surface area (Å²) in [6, 6.07) is 20.5. The fourth-order valence-corrected chi connectivity index (χ4v) is 5.93. The first-order chi connectivity index (χ1) is 18.0. The number of hydrogen-bond donors (Lipinski definition) is 2. The first-order valence-electron chi connectivity index (χ1n) is 12.6. The Morgan fingerprint density at radius 1 is 0.974 bits per heavy atom. The molecule has 3 aromatic carbocycles. The summed E-state index contributed by atoms with van der Waals surface area (Å²) in [6.07, 6.45) is 0.947. The Labute approximate surface area is 233 Å². The van der Waals surface area contributed by atoms with Crippen molar-refractivity contribution in [2.45, 2.75) is 46.5 Å². The van der Waals surface area contributed by atoms with Gasteiger partial charge < -0.3 is 5.11 Å². The maximum absolute atomic E-state index is 14.0. The number of aliphatic hydroxyl groups is 1. The monoisotopic (exact) mass is 544 g/mol. The van der Waals surface area contributed by atoms with Gasteiger partial charge in [-0.1, -0.05) is 91.1 Å². The first-order valence-corrected chi connectivity index (χ1v) is 13.4. The average molecular weight is 546 g/mol. The Morgan fingerprint density at radius 3 is 2.32 bits per heavy atom. The molecule has 0 spiro atoms. The molecule has 0 saturated carbocycles. The number of amidine groups is 1. The molecule has 1 atom stereocenters. The predicted octanol–water partition coefficient (Wildman–Crippen LogP) is 8.80. The smallest absolute Gasteiger partial charge is 0.162 e. The quantitative estimate of drug-likeness (QED) is 0.323. The zero-order chi connectivity index (χ0) is 27.4. The Kier molecular flexibility index (Phi) is 6.75. The number of Topliss-reactive ketones (excluding diaryl/α,β-unsaturated/α-hetero) is 1. The molecule has 1 aliphatic carbocycles. The maximum Gasteiger partial charge on any atom is 0.162 e. The van der Waals surface area contributed by atoms with E-state index in [9.17, 15) is 15.3 Å². The van der Waals surface area contributed by atoms with Crippen molar-refractivity contribution < 1.29 is 9.90 Å². The lowest BCUT2D eigenvalue weighted by Crippen LogP contribution is -2.45. The van der Waals surface area contributed by atoms with Crippen LogP contribution in [-0.2, 0) is 4.79 Å². The largest absolute Gasteiger partial charge is 0.507 e. The minimum atomic E-state index is -0.687. The van der Waals surface area contributed by atoms with E-state index in [-0.39, 0.29) is 22.8 Å². The number of nitrogens with one attached hydrogen (secondary N) is 1. The predicted molar refractivity (Wildman–Crippen MR) is 156 cm³/mol. The van der Waals surface area contributed by atoms with Crippen LogP contribution >= 0.6 is 23.2 Å². The number of anilines is 1. The van der Waals surface area contributed by atoms with E-state index >= 15 is 0 Å². The topological polar surface area (TPSA) is 64.4 Å². The van der Waals surface area contributed by atoms with Crippen molar-refractivity contribution in [2.75, 3.05) is 4.90 Å². The fraction of sp³-hybridized carbons (Fsp3) is 0.250. The van der Waals surface area contributed by atoms with E-state index < -0.39 is 5.92 Å². The Hall–Kier alpha value is -3.34. The van der Waals surface area contributed by atoms with Gasteiger partial charge in [0.05, 0.1) is 0 Å². The van der Waals surface area contributed by atoms with Crippen LogP contribution in [0.3, 0.4) is 0 Å². The van der Waals surface area contributed by atoms with Crippen LogP contribution < -0.4 is 4.90 Å². The second kappa shape index (κ2) is 9.76. The van der Waals surface area contributed by atoms with E-state index in [4.69, 9.17) is 23.2 Å². The summed E-state index contributed by atoms with van der Waals surface area (Å²) in [5.74, 6) is -0.649. The van der Waals surface area contributed by atoms with Gasteiger partial charge in [0.1, 0.15) is 11.6 Å². The molecule has 2 aliphatic rings. The molecule has 1 unspecified atom stereocenters. The summed E-state index contributed by atoms with van der Waals surface area (Å²) in [7, 11) is 0. The highest BCUT2D eigenvalue weighted by atomic mass is 35.5. The summed E-state index contributed by atoms with van der Waals surface area (Å²) in [5.41, 5.74) is 5.27. The highest BCUT2D eigenvalue weighted by molar-refractivity contribution is 6.32. The van der Waals surface area contributed by atoms with Crippen LogP contribution in [0.1, 0.15) is 54.9 Å². The molecule has 0 bridgehead atoms. The second-order valence-corrected chi connectivity index (χ2v) is 11.8. The average Bonchev–Trinajstić information content (AvgIpc) is 2.85. The summed E-state index contributed by atoms with van der Waals surface area (Å²) >= 11 is 13.3. The lowest BCUT2D eigenvalue weighted by atomic mass is 9.67. The van der Waals surface area contributed by atoms with Gasteiger partial charge in [0.2, 0.25) is 0 Å². The van der Waals surface area contributed by atoms with Crippen LogP contribution in [0.4, 0.5) is 5.69 Å². The molecule has 0 saturated heterocycles. The van der Waals surface area contributed by atoms with Crippen LogP contribution in [0.5, 0.6) is 0 Å². The normalized spacial score (nSPS) is 20.5. The van der Waals surface area contributed by atoms with Crippen LogP contribution in [0.15, 0.2) is 83.6 Å². The van der Waals surface area contributed by atoms with E-state index in [1.54, 1.807) is 11.0 Å². The number of aryl methyl sites for hydroxylation is 2. The van der Waals surface area contributed by atoms with Crippen LogP contribution in [-0.4, -0.2) is 16.7 Å². The van der Waals surface area contributed by atoms with Crippen molar-refractivity contribution in [3.05, 3.63) is 116 Å². The van der Waals surface area contributed by atoms with Gasteiger partial charge in [-0.05, 0) is 55.0 Å². The molecule has 0 radical (unpaired) electrons. The van der Waals surface area contributed by atoms with Crippen molar-refractivity contribution in [3.63, 3.8) is 0 Å². The van der Waals surface area contributed by atoms with Gasteiger partial charge >= 0.3 is 0 Å². The molecular formula is C32H30Cl2N2O2. The Balaban J connectivity index is 1.87. The number of carbonyl (C=O) groups excluding carboxylic acids is 1. The summed E-state index contributed by atoms with van der Waals surface area (Å²) in [4.78, 5) is 15.7. The van der Waals surface area contributed by atoms with Gasteiger partial charge in [-0.25, -0.2) is 0 Å². The highest BCUT2D eigenvalue weighted by Gasteiger charge is 2.47. The van der Waals surface area contributed by atoms with Crippen molar-refractivity contribution >= 4 is 46.3 Å². The van der Waals surface area contributed by atoms with Crippen LogP contribution in [0.2, 0.25) is 10.0 Å². The van der Waals surface area contributed by atoms with E-state index in [0.29, 0.717) is 50.8 Å². The molecule has 2 N–H and O–H groups in total. The molecule has 4 nitrogen and oxygen atoms in total. The van der Waals surface area contributed by atoms with Gasteiger partial charge in [0, 0.05) is 50.5 Å². The lowest BCUT2D eigenvalue weighted by Gasteiger charge is -2.45. The standard InChI is InChI=1S/C32H30Cl2N2O2/c1-18-9-12-20(13-10-18)30(38)29-27(22-7-5-6-8-23(22)33)28-25(16-32(3,4)17-26(28)37)36(31(29)35)21-14-11-19(2)24(34)15-21/h5-15,27,35,38H,16-17H2,1-4H3/b30-29+,35-31?. The highest BCUT2D eigenvalue weighted by Crippen LogP contribution is 2.52. The minimum Gasteiger partial charge on any atom is -0.507 e. The lowest BCUT2D eigenvalue weighted by molar-refractivity contribution is -0.118. The summed E-state index contributed by atoms with van der Waals surface area (Å²) < 4.78 is 0. The number of halogens is 2. The molecule has 6 heteroatoms. The summed E-state index contributed by atoms with van der Waals surface area (Å²) in [5, 5.41) is 22.4. The molecule has 1 heterocycles. The third kappa shape index (κ3) is 4.57. The summed E-state index contributed by atoms with van der Waals surface area (Å²) in [6.45, 7) is 8.04. The molecular weight excluding hydrogens is 515 g/mol. The zero-order valence-corrected chi connectivity index (χ0v) is 23.4. The van der Waals surface area contributed by atoms with Gasteiger partial charge in [-0.3, -0.25) is 15.1 Å². The van der Waals surface area contributed by atoms with Gasteiger partial charge in [-0.15, -0.1) is 0 Å². The van der Waals surface area contributed by atoms with Crippen LogP contribution in [0.25, 0.3) is 5.76 Å². The molecule has 38 heavy (non-hydrogen) atoms. The second-order valence-electron chi connectivity index (χ2n) is 11.0. The number of nitrogens with zero attached hydrogens (tertiary/aromatic N) is 1. The molecule has 0 amide bonds. The van der Waals surface area contributed by atoms with Crippen molar-refractivity contribution in [1.29, 1.82) is 5.41 Å². The van der Waals surface area contributed by atoms with E-state index in [2.05, 4.69) is 13.8 Å². The third-order valence-corrected chi connectivity index (χ3v) is 8.18. The minimum absolute atomic E-state index is 0.00826. The first kappa shape index (κ1) is 26.3. The van der Waals surface area contributed by atoms with Gasteiger partial charge in [0.15, 0.2) is 5.78 Å². The number of benzene rings is 3. The van der Waals surface area contributed by atoms with E-state index in [1.807, 2.05) is 74.5 Å². The number of aliphatic hydroxyl groups excluding tert-OH is 1. The molecule has 1 aliphatic heterocycles. The number of carbonyl (C=O) groups is 1. The SMILES string of the molecule is Cc1ccc(/C(O)=C2\C(=N)N(c3ccc(C)c(Cl)c3)C3=C(C(=O)CC(C)(C)C3)C2c2ccccc2Cl)cc1. The number of hydrogen-bond acceptors (Lipinski definition) is 3. The fourth-order valence-electron chi connectivity index (χ4n) is 5.51. The Morgan fingerprint density at radius 2 is 1.66 bits per heavy atom. The van der Waals surface area contributed by atoms with Crippen LogP contribution in [0, 0.1) is 24.7 Å². The van der Waals surface area contributed by atoms with E-state index in [0.717, 1.165) is 16.8 Å². The maximum atomic E-state index is 14.0. The van der Waals surface area contributed by atoms with E-state index in [1.165, 1.54) is 0 Å². The molecule has 3 aromatic rings. The zero-order valence-electron chi connectivity index (χ0n) is 21.9. The number of ketones is 1. The number of allylic oxidation sites excluding steroid dienone is 2. The number of rotatable bonds is 3. The Bertz CT molecular complexity index is 1530. The van der Waals surface area contributed by atoms with Crippen molar-refractivity contribution in [2.24, 2.45) is 5.41 Å². The third-order valence-electron chi connectivity index (χ3n) is 7.43. The van der Waals surface area contributed by atoms with Crippen molar-refractivity contribution in [1.82, 2.24) is 0 Å². The molecule has 5 rings (SSSR count). The van der Waals surface area contributed by atoms with Gasteiger partial charge in [0.25, 0.3) is 0 Å². The molecule has 194 valence electrons. The van der Waals surface area contributed by atoms with Crippen molar-refractivity contribution in [3.8, 4) is 0 Å². The van der Waals surface area contributed by atoms with Gasteiger partial charge in [-0.2, -0.15) is 0 Å².